The monoisotopic (exact) mass is 110 g/mol. The molecule has 0 saturated carbocycles. The molecule has 0 nitrogen and oxygen atoms in total. The maximum absolute atomic E-state index is 2.29. The Bertz CT molecular complexity index is 55.4. The van der Waals surface area contributed by atoms with Crippen LogP contribution in [0.1, 0.15) is 26.2 Å². The van der Waals surface area contributed by atoms with Crippen LogP contribution in [0.5, 0.6) is 0 Å². The van der Waals surface area contributed by atoms with Gasteiger partial charge in [-0.25, -0.2) is 0 Å². The molecule has 0 unspecified atom stereocenters. The summed E-state index contributed by atoms with van der Waals surface area (Å²) in [6.45, 7) is 3.40. The molecule has 46 valence electrons. The maximum atomic E-state index is 2.29. The van der Waals surface area contributed by atoms with E-state index in [1.165, 1.54) is 38.2 Å². The largest absolute Gasteiger partial charge is 0.139 e. The second-order valence-corrected chi connectivity index (χ2v) is 2.94. The molecule has 1 aliphatic rings. The smallest absolute Gasteiger partial charge is 0.0744 e. The van der Waals surface area contributed by atoms with Crippen molar-refractivity contribution in [2.45, 2.75) is 45.1 Å². The van der Waals surface area contributed by atoms with E-state index in [0.717, 1.165) is 6.71 Å². The average molecular weight is 110 g/mol. The number of rotatable bonds is 2. The molecule has 0 radical (unpaired) electrons. The lowest BCUT2D eigenvalue weighted by Gasteiger charge is -1.98. The summed E-state index contributed by atoms with van der Waals surface area (Å²) in [5.41, 5.74) is 0. The van der Waals surface area contributed by atoms with Crippen molar-refractivity contribution in [2.24, 2.45) is 0 Å². The predicted molar refractivity (Wildman–Crippen MR) is 39.7 cm³/mol. The number of hydrogen-bond acceptors (Lipinski definition) is 0. The Kier molecular flexibility index (Phi) is 2.45. The summed E-state index contributed by atoms with van der Waals surface area (Å²) >= 11 is 0. The summed E-state index contributed by atoms with van der Waals surface area (Å²) in [6, 6.07) is 0. The van der Waals surface area contributed by atoms with Crippen molar-refractivity contribution in [1.29, 1.82) is 0 Å². The predicted octanol–water partition coefficient (Wildman–Crippen LogP) is 2.69. The molecule has 1 aliphatic heterocycles. The summed E-state index contributed by atoms with van der Waals surface area (Å²) in [5, 5.41) is 0. The first-order valence-corrected chi connectivity index (χ1v) is 3.93. The molecule has 0 aromatic heterocycles. The molecular formula is C7H15B. The molecule has 0 aromatic rings. The first-order valence-electron chi connectivity index (χ1n) is 3.93. The van der Waals surface area contributed by atoms with E-state index in [1.54, 1.807) is 0 Å². The highest BCUT2D eigenvalue weighted by molar-refractivity contribution is 6.59. The van der Waals surface area contributed by atoms with E-state index in [9.17, 15) is 0 Å². The Labute approximate surface area is 52.7 Å². The van der Waals surface area contributed by atoms with Crippen molar-refractivity contribution < 1.29 is 0 Å². The van der Waals surface area contributed by atoms with E-state index in [2.05, 4.69) is 6.92 Å². The summed E-state index contributed by atoms with van der Waals surface area (Å²) in [4.78, 5) is 0. The minimum absolute atomic E-state index is 1.11. The maximum Gasteiger partial charge on any atom is 0.139 e. The van der Waals surface area contributed by atoms with Gasteiger partial charge in [-0.15, -0.1) is 0 Å². The van der Waals surface area contributed by atoms with Crippen LogP contribution in [0.4, 0.5) is 0 Å². The van der Waals surface area contributed by atoms with Gasteiger partial charge in [0.05, 0.1) is 0 Å². The fraction of sp³-hybridized carbons (Fsp3) is 1.00. The highest BCUT2D eigenvalue weighted by Gasteiger charge is 2.16. The zero-order chi connectivity index (χ0) is 5.82. The summed E-state index contributed by atoms with van der Waals surface area (Å²) in [5.74, 6) is 0. The molecule has 1 rings (SSSR count). The van der Waals surface area contributed by atoms with Gasteiger partial charge in [-0.05, 0) is 0 Å². The van der Waals surface area contributed by atoms with Crippen molar-refractivity contribution in [3.63, 3.8) is 0 Å². The first-order chi connectivity index (χ1) is 3.93. The van der Waals surface area contributed by atoms with Crippen LogP contribution in [0.2, 0.25) is 19.0 Å². The molecule has 0 spiro atoms. The normalized spacial score (nSPS) is 19.9. The third kappa shape index (κ3) is 1.54. The second kappa shape index (κ2) is 3.16. The molecule has 8 heavy (non-hydrogen) atoms. The average Bonchev–Trinajstić information content (AvgIpc) is 2.19. The molecule has 1 heterocycles. The zero-order valence-corrected chi connectivity index (χ0v) is 5.82. The third-order valence-corrected chi connectivity index (χ3v) is 2.17. The minimum atomic E-state index is 1.11. The zero-order valence-electron chi connectivity index (χ0n) is 5.82. The second-order valence-electron chi connectivity index (χ2n) is 2.94. The van der Waals surface area contributed by atoms with Crippen LogP contribution in [-0.4, -0.2) is 6.71 Å². The van der Waals surface area contributed by atoms with Crippen molar-refractivity contribution in [2.75, 3.05) is 0 Å². The van der Waals surface area contributed by atoms with E-state index in [4.69, 9.17) is 0 Å². The van der Waals surface area contributed by atoms with Crippen LogP contribution in [0.3, 0.4) is 0 Å². The SMILES string of the molecule is CCCB1CCCC1. The Balaban J connectivity index is 2.06. The van der Waals surface area contributed by atoms with Gasteiger partial charge >= 0.3 is 0 Å². The van der Waals surface area contributed by atoms with E-state index in [-0.39, 0.29) is 0 Å². The third-order valence-electron chi connectivity index (χ3n) is 2.17. The van der Waals surface area contributed by atoms with Gasteiger partial charge in [-0.2, -0.15) is 0 Å². The lowest BCUT2D eigenvalue weighted by atomic mass is 9.46. The van der Waals surface area contributed by atoms with Crippen LogP contribution in [-0.2, 0) is 0 Å². The Morgan fingerprint density at radius 2 is 1.88 bits per heavy atom. The van der Waals surface area contributed by atoms with Gasteiger partial charge in [-0.1, -0.05) is 45.1 Å². The van der Waals surface area contributed by atoms with Crippen molar-refractivity contribution in [3.05, 3.63) is 0 Å². The summed E-state index contributed by atoms with van der Waals surface area (Å²) in [7, 11) is 0. The highest BCUT2D eigenvalue weighted by Crippen LogP contribution is 2.22. The molecule has 0 bridgehead atoms. The van der Waals surface area contributed by atoms with Crippen molar-refractivity contribution in [3.8, 4) is 0 Å². The Morgan fingerprint density at radius 1 is 1.25 bits per heavy atom. The molecule has 0 aromatic carbocycles. The van der Waals surface area contributed by atoms with Crippen LogP contribution >= 0.6 is 0 Å². The molecule has 1 heteroatoms. The van der Waals surface area contributed by atoms with Gasteiger partial charge in [0.1, 0.15) is 6.71 Å². The Hall–Kier alpha value is 0.0649. The topological polar surface area (TPSA) is 0 Å². The van der Waals surface area contributed by atoms with Gasteiger partial charge < -0.3 is 0 Å². The standard InChI is InChI=1S/C7H15B/c1-2-5-8-6-3-4-7-8/h2-7H2,1H3. The van der Waals surface area contributed by atoms with Crippen molar-refractivity contribution in [1.82, 2.24) is 0 Å². The van der Waals surface area contributed by atoms with Gasteiger partial charge in [0.25, 0.3) is 0 Å². The quantitative estimate of drug-likeness (QED) is 0.479. The summed E-state index contributed by atoms with van der Waals surface area (Å²) in [6.07, 6.45) is 8.93. The van der Waals surface area contributed by atoms with E-state index >= 15 is 0 Å². The van der Waals surface area contributed by atoms with E-state index in [1.807, 2.05) is 0 Å². The van der Waals surface area contributed by atoms with Gasteiger partial charge in [0.15, 0.2) is 0 Å². The van der Waals surface area contributed by atoms with E-state index < -0.39 is 0 Å². The molecule has 1 fully saturated rings. The van der Waals surface area contributed by atoms with Gasteiger partial charge in [-0.3, -0.25) is 0 Å². The molecular weight excluding hydrogens is 94.9 g/mol. The fourth-order valence-corrected chi connectivity index (χ4v) is 1.71. The molecule has 0 atom stereocenters. The van der Waals surface area contributed by atoms with Gasteiger partial charge in [0.2, 0.25) is 0 Å². The van der Waals surface area contributed by atoms with Crippen LogP contribution < -0.4 is 0 Å². The minimum Gasteiger partial charge on any atom is -0.0744 e. The molecule has 0 N–H and O–H groups in total. The van der Waals surface area contributed by atoms with Crippen LogP contribution in [0.25, 0.3) is 0 Å². The van der Waals surface area contributed by atoms with E-state index in [0.29, 0.717) is 0 Å². The van der Waals surface area contributed by atoms with Crippen LogP contribution in [0, 0.1) is 0 Å². The Morgan fingerprint density at radius 3 is 2.38 bits per heavy atom. The lowest BCUT2D eigenvalue weighted by molar-refractivity contribution is 0.935. The van der Waals surface area contributed by atoms with Gasteiger partial charge in [0, 0.05) is 0 Å². The molecule has 0 aliphatic carbocycles. The molecule has 0 amide bonds. The highest BCUT2D eigenvalue weighted by atomic mass is 13.9. The first kappa shape index (κ1) is 6.19. The van der Waals surface area contributed by atoms with Crippen molar-refractivity contribution >= 4 is 6.71 Å². The summed E-state index contributed by atoms with van der Waals surface area (Å²) < 4.78 is 0. The fourth-order valence-electron chi connectivity index (χ4n) is 1.71. The van der Waals surface area contributed by atoms with Crippen LogP contribution in [0.15, 0.2) is 0 Å². The lowest BCUT2D eigenvalue weighted by Crippen LogP contribution is -2.02. The molecule has 1 saturated heterocycles. The number of hydrogen-bond donors (Lipinski definition) is 0.